The maximum Gasteiger partial charge on any atom is 0.322 e. The molecule has 1 N–H and O–H groups in total. The number of nitrogens with one attached hydrogen (secondary N) is 1. The quantitative estimate of drug-likeness (QED) is 0.901. The van der Waals surface area contributed by atoms with Crippen molar-refractivity contribution in [3.05, 3.63) is 35.2 Å². The fourth-order valence-electron chi connectivity index (χ4n) is 2.46. The van der Waals surface area contributed by atoms with Crippen LogP contribution >= 0.6 is 11.6 Å². The third kappa shape index (κ3) is 3.59. The summed E-state index contributed by atoms with van der Waals surface area (Å²) >= 11 is 5.88. The minimum absolute atomic E-state index is 0.117. The molecule has 2 amide bonds. The molecule has 3 heterocycles. The maximum atomic E-state index is 12.4. The van der Waals surface area contributed by atoms with E-state index in [1.54, 1.807) is 24.1 Å². The van der Waals surface area contributed by atoms with Crippen molar-refractivity contribution >= 4 is 23.3 Å². The third-order valence-corrected chi connectivity index (χ3v) is 3.93. The van der Waals surface area contributed by atoms with E-state index in [2.05, 4.69) is 25.3 Å². The second-order valence-corrected chi connectivity index (χ2v) is 5.88. The number of hydrogen-bond donors (Lipinski definition) is 1. The normalized spacial score (nSPS) is 18.9. The van der Waals surface area contributed by atoms with Crippen LogP contribution in [0.4, 0.5) is 10.5 Å². The van der Waals surface area contributed by atoms with Crippen LogP contribution in [0.3, 0.4) is 0 Å². The van der Waals surface area contributed by atoms with E-state index in [0.29, 0.717) is 42.1 Å². The van der Waals surface area contributed by atoms with Gasteiger partial charge in [-0.2, -0.15) is 4.98 Å². The van der Waals surface area contributed by atoms with Gasteiger partial charge in [0, 0.05) is 25.8 Å². The molecular weight excluding hydrogens is 320 g/mol. The van der Waals surface area contributed by atoms with Crippen LogP contribution in [0.5, 0.6) is 0 Å². The van der Waals surface area contributed by atoms with Gasteiger partial charge in [0.2, 0.25) is 5.89 Å². The lowest BCUT2D eigenvalue weighted by atomic mass is 10.2. The van der Waals surface area contributed by atoms with Gasteiger partial charge in [0.15, 0.2) is 5.82 Å². The first-order valence-corrected chi connectivity index (χ1v) is 7.57. The van der Waals surface area contributed by atoms with E-state index in [4.69, 9.17) is 16.1 Å². The number of halogens is 1. The van der Waals surface area contributed by atoms with Crippen molar-refractivity contribution in [2.24, 2.45) is 0 Å². The Morgan fingerprint density at radius 1 is 1.43 bits per heavy atom. The van der Waals surface area contributed by atoms with Gasteiger partial charge in [-0.15, -0.1) is 0 Å². The second kappa shape index (κ2) is 6.51. The highest BCUT2D eigenvalue weighted by Crippen LogP contribution is 2.23. The molecule has 122 valence electrons. The Bertz CT molecular complexity index is 706. The molecule has 1 saturated heterocycles. The van der Waals surface area contributed by atoms with Gasteiger partial charge in [0.05, 0.1) is 16.9 Å². The van der Waals surface area contributed by atoms with Crippen molar-refractivity contribution in [2.75, 3.05) is 32.0 Å². The van der Waals surface area contributed by atoms with E-state index in [9.17, 15) is 4.79 Å². The summed E-state index contributed by atoms with van der Waals surface area (Å²) < 4.78 is 5.25. The van der Waals surface area contributed by atoms with Crippen molar-refractivity contribution in [3.63, 3.8) is 0 Å². The molecule has 0 aromatic carbocycles. The Hall–Kier alpha value is -2.19. The molecule has 1 fully saturated rings. The number of hydrogen-bond acceptors (Lipinski definition) is 6. The van der Waals surface area contributed by atoms with Crippen LogP contribution in [0.25, 0.3) is 0 Å². The van der Waals surface area contributed by atoms with Crippen LogP contribution in [0.15, 0.2) is 23.0 Å². The van der Waals surface area contributed by atoms with Gasteiger partial charge >= 0.3 is 6.03 Å². The lowest BCUT2D eigenvalue weighted by molar-refractivity contribution is 0.0960. The molecule has 0 saturated carbocycles. The van der Waals surface area contributed by atoms with Gasteiger partial charge in [-0.3, -0.25) is 9.88 Å². The summed E-state index contributed by atoms with van der Waals surface area (Å²) in [5, 5.41) is 7.09. The average Bonchev–Trinajstić information content (AvgIpc) is 2.94. The van der Waals surface area contributed by atoms with E-state index in [1.807, 2.05) is 7.05 Å². The number of aromatic nitrogens is 3. The van der Waals surface area contributed by atoms with Crippen LogP contribution in [-0.2, 0) is 0 Å². The van der Waals surface area contributed by atoms with Crippen molar-refractivity contribution in [3.8, 4) is 0 Å². The second-order valence-electron chi connectivity index (χ2n) is 5.44. The van der Waals surface area contributed by atoms with Gasteiger partial charge in [0.1, 0.15) is 6.04 Å². The molecule has 0 spiro atoms. The minimum atomic E-state index is -0.205. The van der Waals surface area contributed by atoms with Crippen LogP contribution < -0.4 is 5.32 Å². The highest BCUT2D eigenvalue weighted by Gasteiger charge is 2.32. The zero-order chi connectivity index (χ0) is 16.4. The van der Waals surface area contributed by atoms with E-state index in [1.165, 1.54) is 6.20 Å². The van der Waals surface area contributed by atoms with E-state index in [-0.39, 0.29) is 12.1 Å². The van der Waals surface area contributed by atoms with Crippen LogP contribution in [0, 0.1) is 6.92 Å². The molecule has 2 aromatic rings. The molecule has 8 nitrogen and oxygen atoms in total. The van der Waals surface area contributed by atoms with Gasteiger partial charge in [-0.25, -0.2) is 4.79 Å². The Morgan fingerprint density at radius 3 is 2.96 bits per heavy atom. The standard InChI is InChI=1S/C14H17ClN6O2/c1-9-17-13(23-19-9)12-8-21(4-3-20(12)2)14(22)18-11-5-10(15)6-16-7-11/h5-7,12H,3-4,8H2,1-2H3,(H,18,22). The largest absolute Gasteiger partial charge is 0.338 e. The number of rotatable bonds is 2. The molecule has 1 aliphatic rings. The smallest absolute Gasteiger partial charge is 0.322 e. The molecular formula is C14H17ClN6O2. The molecule has 9 heteroatoms. The highest BCUT2D eigenvalue weighted by molar-refractivity contribution is 6.30. The lowest BCUT2D eigenvalue weighted by Gasteiger charge is -2.37. The Labute approximate surface area is 138 Å². The number of urea groups is 1. The topological polar surface area (TPSA) is 87.4 Å². The van der Waals surface area contributed by atoms with Crippen LogP contribution in [0.1, 0.15) is 17.8 Å². The highest BCUT2D eigenvalue weighted by atomic mass is 35.5. The van der Waals surface area contributed by atoms with Gasteiger partial charge in [-0.05, 0) is 20.0 Å². The van der Waals surface area contributed by atoms with Crippen molar-refractivity contribution in [1.82, 2.24) is 24.9 Å². The predicted octanol–water partition coefficient (Wildman–Crippen LogP) is 1.95. The number of carbonyl (C=O) groups is 1. The summed E-state index contributed by atoms with van der Waals surface area (Å²) in [6, 6.07) is 1.33. The molecule has 0 radical (unpaired) electrons. The monoisotopic (exact) mass is 336 g/mol. The van der Waals surface area contributed by atoms with Crippen molar-refractivity contribution in [2.45, 2.75) is 13.0 Å². The molecule has 0 aliphatic carbocycles. The van der Waals surface area contributed by atoms with Gasteiger partial charge in [-0.1, -0.05) is 16.8 Å². The summed E-state index contributed by atoms with van der Waals surface area (Å²) in [4.78, 5) is 24.5. The molecule has 23 heavy (non-hydrogen) atoms. The number of aryl methyl sites for hydroxylation is 1. The first-order valence-electron chi connectivity index (χ1n) is 7.20. The molecule has 3 rings (SSSR count). The SMILES string of the molecule is Cc1noc(C2CN(C(=O)Nc3cncc(Cl)c3)CCN2C)n1. The number of piperazine rings is 1. The third-order valence-electron chi connectivity index (χ3n) is 3.72. The van der Waals surface area contributed by atoms with E-state index in [0.717, 1.165) is 0 Å². The van der Waals surface area contributed by atoms with Crippen LogP contribution in [0.2, 0.25) is 5.02 Å². The molecule has 2 aromatic heterocycles. The Kier molecular flexibility index (Phi) is 4.44. The predicted molar refractivity (Wildman–Crippen MR) is 84.2 cm³/mol. The van der Waals surface area contributed by atoms with Crippen molar-refractivity contribution in [1.29, 1.82) is 0 Å². The van der Waals surface area contributed by atoms with Gasteiger partial charge in [0.25, 0.3) is 0 Å². The molecule has 1 unspecified atom stereocenters. The lowest BCUT2D eigenvalue weighted by Crippen LogP contribution is -2.50. The number of anilines is 1. The first-order chi connectivity index (χ1) is 11.0. The zero-order valence-corrected chi connectivity index (χ0v) is 13.6. The van der Waals surface area contributed by atoms with Crippen molar-refractivity contribution < 1.29 is 9.32 Å². The fraction of sp³-hybridized carbons (Fsp3) is 0.429. The average molecular weight is 337 g/mol. The molecule has 0 bridgehead atoms. The maximum absolute atomic E-state index is 12.4. The number of carbonyl (C=O) groups excluding carboxylic acids is 1. The number of nitrogens with zero attached hydrogens (tertiary/aromatic N) is 5. The summed E-state index contributed by atoms with van der Waals surface area (Å²) in [6.07, 6.45) is 3.07. The molecule has 1 aliphatic heterocycles. The summed E-state index contributed by atoms with van der Waals surface area (Å²) in [5.74, 6) is 1.10. The minimum Gasteiger partial charge on any atom is -0.338 e. The number of likely N-dealkylation sites (N-methyl/N-ethyl adjacent to an activating group) is 1. The number of amides is 2. The van der Waals surface area contributed by atoms with E-state index >= 15 is 0 Å². The molecule has 1 atom stereocenters. The van der Waals surface area contributed by atoms with E-state index < -0.39 is 0 Å². The summed E-state index contributed by atoms with van der Waals surface area (Å²) in [5.41, 5.74) is 0.562. The fourth-order valence-corrected chi connectivity index (χ4v) is 2.63. The number of pyridine rings is 1. The van der Waals surface area contributed by atoms with Gasteiger partial charge < -0.3 is 14.7 Å². The summed E-state index contributed by atoms with van der Waals surface area (Å²) in [7, 11) is 1.97. The Balaban J connectivity index is 1.69. The first kappa shape index (κ1) is 15.7. The summed E-state index contributed by atoms with van der Waals surface area (Å²) in [6.45, 7) is 3.57. The zero-order valence-electron chi connectivity index (χ0n) is 12.9. The Morgan fingerprint density at radius 2 is 2.26 bits per heavy atom. The van der Waals surface area contributed by atoms with Crippen LogP contribution in [-0.4, -0.2) is 57.6 Å².